The number of nitrogens with one attached hydrogen (secondary N) is 1. The molecular weight excluding hydrogens is 410 g/mol. The molecule has 2 aliphatic heterocycles. The Morgan fingerprint density at radius 2 is 1.71 bits per heavy atom. The molecule has 1 aliphatic carbocycles. The van der Waals surface area contributed by atoms with E-state index in [1.54, 1.807) is 10.4 Å². The lowest BCUT2D eigenvalue weighted by Gasteiger charge is -2.32. The molecule has 2 saturated heterocycles. The fraction of sp³-hybridized carbons (Fsp3) is 0.696. The number of likely N-dealkylation sites (N-methyl/N-ethyl adjacent to an activating group) is 1. The number of nitrogens with zero attached hydrogens (tertiary/aromatic N) is 4. The maximum absolute atomic E-state index is 13.3. The van der Waals surface area contributed by atoms with Crippen molar-refractivity contribution in [2.24, 2.45) is 16.8 Å². The van der Waals surface area contributed by atoms with Crippen LogP contribution in [0.25, 0.3) is 0 Å². The van der Waals surface area contributed by atoms with Crippen LogP contribution in [0.1, 0.15) is 38.2 Å². The van der Waals surface area contributed by atoms with E-state index in [4.69, 9.17) is 4.99 Å². The average molecular weight is 448 g/mol. The van der Waals surface area contributed by atoms with Gasteiger partial charge in [-0.2, -0.15) is 4.31 Å². The smallest absolute Gasteiger partial charge is 0.243 e. The fourth-order valence-electron chi connectivity index (χ4n) is 5.22. The monoisotopic (exact) mass is 447 g/mol. The number of piperazine rings is 1. The topological polar surface area (TPSA) is 68.2 Å². The van der Waals surface area contributed by atoms with E-state index in [0.29, 0.717) is 24.5 Å². The number of benzene rings is 1. The van der Waals surface area contributed by atoms with Crippen LogP contribution in [-0.2, 0) is 16.6 Å². The number of hydrogen-bond acceptors (Lipinski definition) is 4. The summed E-state index contributed by atoms with van der Waals surface area (Å²) in [5, 5.41) is 3.44. The second kappa shape index (κ2) is 9.88. The van der Waals surface area contributed by atoms with E-state index in [-0.39, 0.29) is 0 Å². The van der Waals surface area contributed by atoms with Gasteiger partial charge in [0.25, 0.3) is 0 Å². The first-order valence-electron chi connectivity index (χ1n) is 11.8. The van der Waals surface area contributed by atoms with Crippen molar-refractivity contribution < 1.29 is 8.42 Å². The van der Waals surface area contributed by atoms with Crippen LogP contribution in [0.3, 0.4) is 0 Å². The molecule has 8 heteroatoms. The molecule has 0 aromatic heterocycles. The number of fused-ring (bicyclic) bond motifs is 1. The molecule has 31 heavy (non-hydrogen) atoms. The van der Waals surface area contributed by atoms with Gasteiger partial charge in [0.1, 0.15) is 0 Å². The zero-order valence-electron chi connectivity index (χ0n) is 19.0. The Labute approximate surface area is 187 Å². The molecule has 0 radical (unpaired) electrons. The van der Waals surface area contributed by atoms with E-state index in [1.807, 2.05) is 25.2 Å². The zero-order valence-corrected chi connectivity index (χ0v) is 19.8. The van der Waals surface area contributed by atoms with Crippen LogP contribution in [0.5, 0.6) is 0 Å². The third kappa shape index (κ3) is 5.07. The zero-order chi connectivity index (χ0) is 21.8. The Morgan fingerprint density at radius 1 is 1.06 bits per heavy atom. The van der Waals surface area contributed by atoms with Gasteiger partial charge >= 0.3 is 0 Å². The van der Waals surface area contributed by atoms with Crippen molar-refractivity contribution >= 4 is 16.0 Å². The third-order valence-electron chi connectivity index (χ3n) is 7.06. The first-order valence-corrected chi connectivity index (χ1v) is 13.2. The molecule has 1 aromatic rings. The van der Waals surface area contributed by atoms with Gasteiger partial charge in [-0.15, -0.1) is 0 Å². The van der Waals surface area contributed by atoms with Crippen LogP contribution in [0.4, 0.5) is 0 Å². The van der Waals surface area contributed by atoms with E-state index in [1.165, 1.54) is 25.7 Å². The van der Waals surface area contributed by atoms with Crippen LogP contribution in [-0.4, -0.2) is 81.3 Å². The molecule has 3 fully saturated rings. The third-order valence-corrected chi connectivity index (χ3v) is 9.06. The van der Waals surface area contributed by atoms with Crippen molar-refractivity contribution in [3.63, 3.8) is 0 Å². The maximum atomic E-state index is 13.3. The molecule has 7 nitrogen and oxygen atoms in total. The second-order valence-corrected chi connectivity index (χ2v) is 11.1. The van der Waals surface area contributed by atoms with Crippen LogP contribution in [0.2, 0.25) is 0 Å². The SMILES string of the molecule is CCNC(=NCc1ccccc1S(=O)(=O)N1CCN(C)CC1)N1CC2CCCCC2C1. The van der Waals surface area contributed by atoms with Crippen molar-refractivity contribution in [2.75, 3.05) is 52.9 Å². The van der Waals surface area contributed by atoms with Gasteiger partial charge in [0, 0.05) is 45.8 Å². The number of rotatable bonds is 5. The van der Waals surface area contributed by atoms with Crippen molar-refractivity contribution in [3.05, 3.63) is 29.8 Å². The highest BCUT2D eigenvalue weighted by molar-refractivity contribution is 7.89. The van der Waals surface area contributed by atoms with Crippen LogP contribution in [0, 0.1) is 11.8 Å². The first-order chi connectivity index (χ1) is 15.0. The molecule has 3 aliphatic rings. The number of hydrogen-bond donors (Lipinski definition) is 1. The Balaban J connectivity index is 1.52. The number of aliphatic imine (C=N–C) groups is 1. The lowest BCUT2D eigenvalue weighted by atomic mass is 9.82. The van der Waals surface area contributed by atoms with Gasteiger partial charge in [0.15, 0.2) is 5.96 Å². The van der Waals surface area contributed by atoms with Gasteiger partial charge in [-0.3, -0.25) is 0 Å². The minimum atomic E-state index is -3.51. The quantitative estimate of drug-likeness (QED) is 0.554. The molecule has 0 amide bonds. The van der Waals surface area contributed by atoms with Gasteiger partial charge < -0.3 is 15.1 Å². The van der Waals surface area contributed by atoms with E-state index in [0.717, 1.165) is 56.1 Å². The summed E-state index contributed by atoms with van der Waals surface area (Å²) in [5.74, 6) is 2.48. The summed E-state index contributed by atoms with van der Waals surface area (Å²) in [5.41, 5.74) is 0.772. The van der Waals surface area contributed by atoms with Gasteiger partial charge in [-0.05, 0) is 50.3 Å². The Bertz CT molecular complexity index is 866. The molecule has 1 saturated carbocycles. The van der Waals surface area contributed by atoms with Crippen molar-refractivity contribution in [3.8, 4) is 0 Å². The predicted octanol–water partition coefficient (Wildman–Crippen LogP) is 2.21. The summed E-state index contributed by atoms with van der Waals surface area (Å²) in [6.07, 6.45) is 5.35. The lowest BCUT2D eigenvalue weighted by molar-refractivity contribution is 0.222. The maximum Gasteiger partial charge on any atom is 0.243 e. The summed E-state index contributed by atoms with van der Waals surface area (Å²) in [6, 6.07) is 7.35. The molecule has 2 unspecified atom stereocenters. The Hall–Kier alpha value is -1.64. The summed E-state index contributed by atoms with van der Waals surface area (Å²) >= 11 is 0. The average Bonchev–Trinajstić information content (AvgIpc) is 3.21. The highest BCUT2D eigenvalue weighted by atomic mass is 32.2. The summed E-state index contributed by atoms with van der Waals surface area (Å²) < 4.78 is 28.3. The fourth-order valence-corrected chi connectivity index (χ4v) is 6.85. The summed E-state index contributed by atoms with van der Waals surface area (Å²) in [4.78, 5) is 9.85. The molecule has 0 bridgehead atoms. The number of likely N-dealkylation sites (tertiary alicyclic amines) is 1. The minimum Gasteiger partial charge on any atom is -0.357 e. The number of sulfonamides is 1. The standard InChI is InChI=1S/C23H37N5O2S/c1-3-24-23(27-17-20-9-4-5-10-21(20)18-27)25-16-19-8-6-7-11-22(19)31(29,30)28-14-12-26(2)13-15-28/h6-8,11,20-21H,3-5,9-10,12-18H2,1-2H3,(H,24,25). The normalized spacial score (nSPS) is 26.1. The van der Waals surface area contributed by atoms with Crippen molar-refractivity contribution in [1.29, 1.82) is 0 Å². The first kappa shape index (κ1) is 22.6. The molecule has 0 spiro atoms. The molecule has 172 valence electrons. The van der Waals surface area contributed by atoms with Crippen LogP contribution in [0.15, 0.2) is 34.2 Å². The van der Waals surface area contributed by atoms with Crippen LogP contribution >= 0.6 is 0 Å². The van der Waals surface area contributed by atoms with E-state index in [9.17, 15) is 8.42 Å². The van der Waals surface area contributed by atoms with Crippen molar-refractivity contribution in [2.45, 2.75) is 44.0 Å². The molecular formula is C23H37N5O2S. The number of guanidine groups is 1. The van der Waals surface area contributed by atoms with E-state index >= 15 is 0 Å². The van der Waals surface area contributed by atoms with Crippen molar-refractivity contribution in [1.82, 2.24) is 19.4 Å². The molecule has 4 rings (SSSR count). The van der Waals surface area contributed by atoms with Crippen LogP contribution < -0.4 is 5.32 Å². The van der Waals surface area contributed by atoms with E-state index < -0.39 is 10.0 Å². The van der Waals surface area contributed by atoms with E-state index in [2.05, 4.69) is 22.0 Å². The van der Waals surface area contributed by atoms with Gasteiger partial charge in [0.05, 0.1) is 11.4 Å². The largest absolute Gasteiger partial charge is 0.357 e. The molecule has 2 heterocycles. The predicted molar refractivity (Wildman–Crippen MR) is 125 cm³/mol. The van der Waals surface area contributed by atoms with Gasteiger partial charge in [0.2, 0.25) is 10.0 Å². The van der Waals surface area contributed by atoms with Gasteiger partial charge in [-0.25, -0.2) is 13.4 Å². The summed E-state index contributed by atoms with van der Waals surface area (Å²) in [7, 11) is -1.48. The lowest BCUT2D eigenvalue weighted by Crippen LogP contribution is -2.47. The minimum absolute atomic E-state index is 0.372. The Morgan fingerprint density at radius 3 is 2.35 bits per heavy atom. The van der Waals surface area contributed by atoms with Gasteiger partial charge in [-0.1, -0.05) is 31.0 Å². The second-order valence-electron chi connectivity index (χ2n) is 9.19. The highest BCUT2D eigenvalue weighted by Crippen LogP contribution is 2.36. The Kier molecular flexibility index (Phi) is 7.19. The summed E-state index contributed by atoms with van der Waals surface area (Å²) in [6.45, 7) is 8.01. The molecule has 1 aromatic carbocycles. The highest BCUT2D eigenvalue weighted by Gasteiger charge is 2.35. The molecule has 2 atom stereocenters. The molecule has 1 N–H and O–H groups in total.